The molecule has 0 radical (unpaired) electrons. The Labute approximate surface area is 156 Å². The largest absolute Gasteiger partial charge is 0.356 e. The van der Waals surface area contributed by atoms with E-state index in [1.165, 1.54) is 35.6 Å². The van der Waals surface area contributed by atoms with Crippen LogP contribution in [0.5, 0.6) is 0 Å². The van der Waals surface area contributed by atoms with Crippen LogP contribution in [0.1, 0.15) is 38.2 Å². The van der Waals surface area contributed by atoms with Crippen molar-refractivity contribution in [3.8, 4) is 11.1 Å². The quantitative estimate of drug-likeness (QED) is 0.518. The molecule has 0 aromatic heterocycles. The van der Waals surface area contributed by atoms with Gasteiger partial charge in [0.1, 0.15) is 0 Å². The molecular weight excluding hydrogens is 318 g/mol. The van der Waals surface area contributed by atoms with Crippen LogP contribution in [0.2, 0.25) is 0 Å². The van der Waals surface area contributed by atoms with Crippen molar-refractivity contribution >= 4 is 16.7 Å². The number of unbranched alkanes of at least 4 members (excludes halogenated alkanes) is 3. The van der Waals surface area contributed by atoms with Gasteiger partial charge in [-0.3, -0.25) is 4.79 Å². The first kappa shape index (κ1) is 18.2. The smallest absolute Gasteiger partial charge is 0.224 e. The summed E-state index contributed by atoms with van der Waals surface area (Å²) in [6.07, 6.45) is 5.11. The molecule has 0 bridgehead atoms. The van der Waals surface area contributed by atoms with Gasteiger partial charge in [0.2, 0.25) is 5.91 Å². The first-order valence-corrected chi connectivity index (χ1v) is 9.62. The van der Waals surface area contributed by atoms with Crippen molar-refractivity contribution in [1.29, 1.82) is 0 Å². The number of fused-ring (bicyclic) bond motifs is 1. The lowest BCUT2D eigenvalue weighted by Crippen LogP contribution is -2.26. The van der Waals surface area contributed by atoms with Crippen LogP contribution in [-0.4, -0.2) is 12.5 Å². The summed E-state index contributed by atoms with van der Waals surface area (Å²) in [5.74, 6) is 0.106. The summed E-state index contributed by atoms with van der Waals surface area (Å²) in [7, 11) is 0. The molecule has 26 heavy (non-hydrogen) atoms. The van der Waals surface area contributed by atoms with E-state index in [9.17, 15) is 4.79 Å². The van der Waals surface area contributed by atoms with Crippen molar-refractivity contribution in [2.75, 3.05) is 6.54 Å². The number of carbonyl (C=O) groups is 1. The van der Waals surface area contributed by atoms with Gasteiger partial charge in [0, 0.05) is 6.54 Å². The zero-order valence-corrected chi connectivity index (χ0v) is 15.5. The Morgan fingerprint density at radius 3 is 2.42 bits per heavy atom. The summed E-state index contributed by atoms with van der Waals surface area (Å²) < 4.78 is 0. The molecule has 1 N–H and O–H groups in total. The Bertz CT molecular complexity index is 854. The predicted octanol–water partition coefficient (Wildman–Crippen LogP) is 5.75. The molecule has 3 aromatic carbocycles. The van der Waals surface area contributed by atoms with Gasteiger partial charge in [0.15, 0.2) is 0 Å². The van der Waals surface area contributed by atoms with Gasteiger partial charge in [0.05, 0.1) is 6.42 Å². The molecule has 0 spiro atoms. The second kappa shape index (κ2) is 9.19. The molecule has 134 valence electrons. The van der Waals surface area contributed by atoms with E-state index in [0.717, 1.165) is 24.1 Å². The third-order valence-corrected chi connectivity index (χ3v) is 4.78. The lowest BCUT2D eigenvalue weighted by atomic mass is 9.92. The standard InChI is InChI=1S/C24H27NO/c1-2-3-4-10-17-25-23(26)18-21-16-15-19-11-8-9-14-22(19)24(21)20-12-6-5-7-13-20/h5-9,11-16H,2-4,10,17-18H2,1H3,(H,25,26). The molecule has 0 aliphatic rings. The van der Waals surface area contributed by atoms with Crippen LogP contribution < -0.4 is 5.32 Å². The van der Waals surface area contributed by atoms with E-state index < -0.39 is 0 Å². The van der Waals surface area contributed by atoms with E-state index in [0.29, 0.717) is 6.42 Å². The van der Waals surface area contributed by atoms with Gasteiger partial charge >= 0.3 is 0 Å². The third kappa shape index (κ3) is 4.51. The molecule has 0 saturated heterocycles. The van der Waals surface area contributed by atoms with Gasteiger partial charge < -0.3 is 5.32 Å². The molecule has 2 heteroatoms. The molecule has 0 aliphatic carbocycles. The van der Waals surface area contributed by atoms with E-state index in [1.807, 2.05) is 6.07 Å². The van der Waals surface area contributed by atoms with E-state index >= 15 is 0 Å². The van der Waals surface area contributed by atoms with E-state index in [2.05, 4.69) is 72.9 Å². The second-order valence-electron chi connectivity index (χ2n) is 6.77. The molecule has 2 nitrogen and oxygen atoms in total. The zero-order valence-electron chi connectivity index (χ0n) is 15.5. The fourth-order valence-electron chi connectivity index (χ4n) is 3.42. The molecule has 3 aromatic rings. The maximum Gasteiger partial charge on any atom is 0.224 e. The lowest BCUT2D eigenvalue weighted by Gasteiger charge is -2.14. The second-order valence-corrected chi connectivity index (χ2v) is 6.77. The highest BCUT2D eigenvalue weighted by molar-refractivity contribution is 5.99. The van der Waals surface area contributed by atoms with Crippen molar-refractivity contribution in [1.82, 2.24) is 5.32 Å². The molecule has 0 heterocycles. The highest BCUT2D eigenvalue weighted by Crippen LogP contribution is 2.32. The van der Waals surface area contributed by atoms with E-state index in [1.54, 1.807) is 0 Å². The molecule has 0 unspecified atom stereocenters. The van der Waals surface area contributed by atoms with Gasteiger partial charge in [-0.15, -0.1) is 0 Å². The first-order valence-electron chi connectivity index (χ1n) is 9.62. The topological polar surface area (TPSA) is 29.1 Å². The maximum atomic E-state index is 12.5. The van der Waals surface area contributed by atoms with Crippen LogP contribution in [0.15, 0.2) is 66.7 Å². The zero-order chi connectivity index (χ0) is 18.2. The fourth-order valence-corrected chi connectivity index (χ4v) is 3.42. The molecular formula is C24H27NO. The maximum absolute atomic E-state index is 12.5. The minimum Gasteiger partial charge on any atom is -0.356 e. The van der Waals surface area contributed by atoms with Crippen molar-refractivity contribution < 1.29 is 4.79 Å². The van der Waals surface area contributed by atoms with Crippen molar-refractivity contribution in [3.05, 3.63) is 72.3 Å². The summed E-state index contributed by atoms with van der Waals surface area (Å²) in [6.45, 7) is 2.97. The molecule has 3 rings (SSSR count). The Morgan fingerprint density at radius 2 is 1.62 bits per heavy atom. The Hall–Kier alpha value is -2.61. The minimum atomic E-state index is 0.106. The van der Waals surface area contributed by atoms with E-state index in [-0.39, 0.29) is 5.91 Å². The summed E-state index contributed by atoms with van der Waals surface area (Å²) in [5, 5.41) is 5.48. The van der Waals surface area contributed by atoms with Crippen LogP contribution in [-0.2, 0) is 11.2 Å². The Morgan fingerprint density at radius 1 is 0.846 bits per heavy atom. The highest BCUT2D eigenvalue weighted by atomic mass is 16.1. The molecule has 1 amide bonds. The SMILES string of the molecule is CCCCCCNC(=O)Cc1ccc2ccccc2c1-c1ccccc1. The highest BCUT2D eigenvalue weighted by Gasteiger charge is 2.12. The first-order chi connectivity index (χ1) is 12.8. The van der Waals surface area contributed by atoms with E-state index in [4.69, 9.17) is 0 Å². The summed E-state index contributed by atoms with van der Waals surface area (Å²) in [5.41, 5.74) is 3.42. The number of hydrogen-bond donors (Lipinski definition) is 1. The predicted molar refractivity (Wildman–Crippen MR) is 110 cm³/mol. The number of carbonyl (C=O) groups excluding carboxylic acids is 1. The Balaban J connectivity index is 1.83. The van der Waals surface area contributed by atoms with Crippen molar-refractivity contribution in [3.63, 3.8) is 0 Å². The van der Waals surface area contributed by atoms with Crippen molar-refractivity contribution in [2.24, 2.45) is 0 Å². The van der Waals surface area contributed by atoms with Crippen LogP contribution in [0, 0.1) is 0 Å². The Kier molecular flexibility index (Phi) is 6.43. The fraction of sp³-hybridized carbons (Fsp3) is 0.292. The van der Waals surface area contributed by atoms with Crippen molar-refractivity contribution in [2.45, 2.75) is 39.0 Å². The molecule has 0 saturated carbocycles. The average Bonchev–Trinajstić information content (AvgIpc) is 2.68. The summed E-state index contributed by atoms with van der Waals surface area (Å²) in [6, 6.07) is 23.0. The number of nitrogens with one attached hydrogen (secondary N) is 1. The number of rotatable bonds is 8. The van der Waals surface area contributed by atoms with Gasteiger partial charge in [-0.1, -0.05) is 92.9 Å². The molecule has 0 aliphatic heterocycles. The van der Waals surface area contributed by atoms with Gasteiger partial charge in [0.25, 0.3) is 0 Å². The van der Waals surface area contributed by atoms with Gasteiger partial charge in [-0.25, -0.2) is 0 Å². The van der Waals surface area contributed by atoms with Crippen LogP contribution in [0.25, 0.3) is 21.9 Å². The van der Waals surface area contributed by atoms with Crippen LogP contribution in [0.4, 0.5) is 0 Å². The number of hydrogen-bond acceptors (Lipinski definition) is 1. The average molecular weight is 345 g/mol. The van der Waals surface area contributed by atoms with Crippen LogP contribution in [0.3, 0.4) is 0 Å². The van der Waals surface area contributed by atoms with Gasteiger partial charge in [-0.2, -0.15) is 0 Å². The molecule has 0 atom stereocenters. The normalized spacial score (nSPS) is 10.8. The molecule has 0 fully saturated rings. The third-order valence-electron chi connectivity index (χ3n) is 4.78. The van der Waals surface area contributed by atoms with Gasteiger partial charge in [-0.05, 0) is 33.9 Å². The van der Waals surface area contributed by atoms with Crippen LogP contribution >= 0.6 is 0 Å². The summed E-state index contributed by atoms with van der Waals surface area (Å²) >= 11 is 0. The number of benzene rings is 3. The lowest BCUT2D eigenvalue weighted by molar-refractivity contribution is -0.120. The summed E-state index contributed by atoms with van der Waals surface area (Å²) in [4.78, 5) is 12.5. The number of amides is 1. The monoisotopic (exact) mass is 345 g/mol. The minimum absolute atomic E-state index is 0.106.